The van der Waals surface area contributed by atoms with Crippen molar-refractivity contribution in [2.45, 2.75) is 161 Å². The minimum absolute atomic E-state index is 0.368. The van der Waals surface area contributed by atoms with Crippen LogP contribution >= 0.6 is 0 Å². The van der Waals surface area contributed by atoms with Crippen molar-refractivity contribution in [1.29, 1.82) is 0 Å². The minimum Gasteiger partial charge on any atom is -0.431 e. The summed E-state index contributed by atoms with van der Waals surface area (Å²) >= 11 is 0. The van der Waals surface area contributed by atoms with Gasteiger partial charge in [-0.15, -0.1) is 0 Å². The van der Waals surface area contributed by atoms with Gasteiger partial charge >= 0.3 is 5.97 Å². The Kier molecular flexibility index (Phi) is 18.5. The van der Waals surface area contributed by atoms with Crippen LogP contribution in [0.3, 0.4) is 0 Å². The van der Waals surface area contributed by atoms with Gasteiger partial charge in [-0.3, -0.25) is 4.79 Å². The van der Waals surface area contributed by atoms with Crippen molar-refractivity contribution in [1.82, 2.24) is 0 Å². The van der Waals surface area contributed by atoms with Gasteiger partial charge in [0.25, 0.3) is 0 Å². The van der Waals surface area contributed by atoms with E-state index in [9.17, 15) is 15.0 Å². The van der Waals surface area contributed by atoms with Crippen LogP contribution in [0.5, 0.6) is 0 Å². The van der Waals surface area contributed by atoms with Crippen molar-refractivity contribution in [2.24, 2.45) is 0 Å². The number of rotatable bonds is 22. The van der Waals surface area contributed by atoms with E-state index in [4.69, 9.17) is 4.74 Å². The summed E-state index contributed by atoms with van der Waals surface area (Å²) in [5, 5.41) is 22.8. The molecule has 0 amide bonds. The highest BCUT2D eigenvalue weighted by atomic mass is 16.5. The lowest BCUT2D eigenvalue weighted by Crippen LogP contribution is -2.30. The van der Waals surface area contributed by atoms with Gasteiger partial charge < -0.3 is 14.9 Å². The number of hydrogen-bond acceptors (Lipinski definition) is 4. The molecule has 0 aromatic carbocycles. The second kappa shape index (κ2) is 19.1. The molecule has 4 nitrogen and oxygen atoms in total. The summed E-state index contributed by atoms with van der Waals surface area (Å²) in [7, 11) is 0. The minimum atomic E-state index is -0.978. The topological polar surface area (TPSA) is 66.8 Å². The van der Waals surface area contributed by atoms with Crippen molar-refractivity contribution < 1.29 is 19.7 Å². The summed E-state index contributed by atoms with van der Waals surface area (Å²) in [6.45, 7) is 14.3. The van der Waals surface area contributed by atoms with Crippen molar-refractivity contribution in [3.05, 3.63) is 24.0 Å². The Bertz CT molecular complexity index is 558. The van der Waals surface area contributed by atoms with Crippen molar-refractivity contribution in [3.8, 4) is 0 Å². The molecule has 0 heterocycles. The second-order valence-corrected chi connectivity index (χ2v) is 10.5. The molecule has 4 heteroatoms. The number of carbonyl (C=O) groups is 1. The van der Waals surface area contributed by atoms with Gasteiger partial charge in [0.05, 0.1) is 11.2 Å². The molecule has 0 saturated carbocycles. The first-order valence-electron chi connectivity index (χ1n) is 14.1. The Balaban J connectivity index is 5.53. The van der Waals surface area contributed by atoms with E-state index in [0.717, 1.165) is 95.5 Å². The maximum absolute atomic E-state index is 11.9. The standard InChI is InChI=1S/C30H56O4/c1-7-11-15-19-29(32,20-16-12-8-2)24-26(5)23-28(34-27(6)31)25-30(33,21-17-13-9-3)22-18-14-10-4/h25,32-33H,5,7-24H2,1-4,6H3/b28-25+. The first-order valence-corrected chi connectivity index (χ1v) is 14.1. The molecule has 0 aromatic heterocycles. The Morgan fingerprint density at radius 2 is 1.18 bits per heavy atom. The molecule has 0 aliphatic carbocycles. The van der Waals surface area contributed by atoms with Gasteiger partial charge in [-0.25, -0.2) is 0 Å². The Hall–Kier alpha value is -1.13. The van der Waals surface area contributed by atoms with Crippen LogP contribution in [-0.4, -0.2) is 27.4 Å². The maximum atomic E-state index is 11.9. The molecule has 0 atom stereocenters. The molecule has 0 aliphatic heterocycles. The van der Waals surface area contributed by atoms with Crippen molar-refractivity contribution in [3.63, 3.8) is 0 Å². The molecule has 0 rings (SSSR count). The molecule has 2 N–H and O–H groups in total. The quantitative estimate of drug-likeness (QED) is 0.0705. The van der Waals surface area contributed by atoms with Crippen LogP contribution in [0.1, 0.15) is 150 Å². The van der Waals surface area contributed by atoms with Crippen LogP contribution < -0.4 is 0 Å². The van der Waals surface area contributed by atoms with E-state index in [0.29, 0.717) is 31.4 Å². The number of carbonyl (C=O) groups excluding carboxylic acids is 1. The number of unbranched alkanes of at least 4 members (excludes halogenated alkanes) is 8. The predicted molar refractivity (Wildman–Crippen MR) is 145 cm³/mol. The first kappa shape index (κ1) is 32.9. The Morgan fingerprint density at radius 3 is 1.56 bits per heavy atom. The highest BCUT2D eigenvalue weighted by Crippen LogP contribution is 2.33. The lowest BCUT2D eigenvalue weighted by molar-refractivity contribution is -0.137. The van der Waals surface area contributed by atoms with E-state index in [1.165, 1.54) is 6.92 Å². The van der Waals surface area contributed by atoms with E-state index in [2.05, 4.69) is 34.3 Å². The van der Waals surface area contributed by atoms with Crippen molar-refractivity contribution >= 4 is 5.97 Å². The zero-order valence-corrected chi connectivity index (χ0v) is 23.2. The third kappa shape index (κ3) is 16.5. The average molecular weight is 481 g/mol. The Morgan fingerprint density at radius 1 is 0.765 bits per heavy atom. The highest BCUT2D eigenvalue weighted by molar-refractivity contribution is 5.67. The van der Waals surface area contributed by atoms with Gasteiger partial charge in [0.15, 0.2) is 0 Å². The fourth-order valence-corrected chi connectivity index (χ4v) is 4.72. The molecule has 0 saturated heterocycles. The number of allylic oxidation sites excluding steroid dienone is 1. The summed E-state index contributed by atoms with van der Waals surface area (Å²) < 4.78 is 5.56. The van der Waals surface area contributed by atoms with E-state index < -0.39 is 11.2 Å². The summed E-state index contributed by atoms with van der Waals surface area (Å²) in [6, 6.07) is 0. The van der Waals surface area contributed by atoms with E-state index in [1.54, 1.807) is 6.08 Å². The van der Waals surface area contributed by atoms with Gasteiger partial charge in [-0.1, -0.05) is 117 Å². The largest absolute Gasteiger partial charge is 0.431 e. The summed E-state index contributed by atoms with van der Waals surface area (Å²) in [4.78, 5) is 11.9. The Labute approximate surface area is 211 Å². The summed E-state index contributed by atoms with van der Waals surface area (Å²) in [5.41, 5.74) is -0.887. The fourth-order valence-electron chi connectivity index (χ4n) is 4.72. The van der Waals surface area contributed by atoms with Crippen LogP contribution in [0.2, 0.25) is 0 Å². The molecule has 0 aliphatic rings. The predicted octanol–water partition coefficient (Wildman–Crippen LogP) is 8.55. The summed E-state index contributed by atoms with van der Waals surface area (Å²) in [5.74, 6) is 0.0853. The number of ether oxygens (including phenoxy) is 1. The van der Waals surface area contributed by atoms with Gasteiger partial charge in [0, 0.05) is 13.3 Å². The molecule has 0 fully saturated rings. The molecule has 0 spiro atoms. The van der Waals surface area contributed by atoms with Gasteiger partial charge in [-0.05, 0) is 38.2 Å². The second-order valence-electron chi connectivity index (χ2n) is 10.5. The molecule has 0 radical (unpaired) electrons. The van der Waals surface area contributed by atoms with Crippen LogP contribution in [0, 0.1) is 0 Å². The van der Waals surface area contributed by atoms with Crippen LogP contribution in [0.15, 0.2) is 24.0 Å². The molecular formula is C30H56O4. The lowest BCUT2D eigenvalue weighted by atomic mass is 9.83. The first-order chi connectivity index (χ1) is 16.1. The number of aliphatic hydroxyl groups is 2. The average Bonchev–Trinajstić information content (AvgIpc) is 2.74. The van der Waals surface area contributed by atoms with Gasteiger partial charge in [0.2, 0.25) is 0 Å². The number of esters is 1. The molecule has 0 aromatic rings. The zero-order valence-electron chi connectivity index (χ0n) is 23.2. The highest BCUT2D eigenvalue weighted by Gasteiger charge is 2.29. The van der Waals surface area contributed by atoms with E-state index in [1.807, 2.05) is 0 Å². The van der Waals surface area contributed by atoms with E-state index >= 15 is 0 Å². The van der Waals surface area contributed by atoms with Crippen LogP contribution in [0.25, 0.3) is 0 Å². The molecule has 34 heavy (non-hydrogen) atoms. The molecular weight excluding hydrogens is 424 g/mol. The van der Waals surface area contributed by atoms with E-state index in [-0.39, 0.29) is 5.97 Å². The number of hydrogen-bond donors (Lipinski definition) is 2. The zero-order chi connectivity index (χ0) is 25.9. The molecule has 200 valence electrons. The lowest BCUT2D eigenvalue weighted by Gasteiger charge is -2.30. The molecule has 0 unspecified atom stereocenters. The maximum Gasteiger partial charge on any atom is 0.307 e. The monoisotopic (exact) mass is 480 g/mol. The van der Waals surface area contributed by atoms with Gasteiger partial charge in [0.1, 0.15) is 5.76 Å². The third-order valence-electron chi connectivity index (χ3n) is 6.63. The fraction of sp³-hybridized carbons (Fsp3) is 0.833. The smallest absolute Gasteiger partial charge is 0.307 e. The summed E-state index contributed by atoms with van der Waals surface area (Å²) in [6.07, 6.45) is 18.2. The SMILES string of the molecule is C=C(C/C(=C\C(O)(CCCCC)CCCCC)OC(C)=O)CC(O)(CCCCC)CCCCC. The third-order valence-corrected chi connectivity index (χ3v) is 6.63. The normalized spacial score (nSPS) is 12.7. The van der Waals surface area contributed by atoms with Crippen LogP contribution in [0.4, 0.5) is 0 Å². The molecule has 0 bridgehead atoms. The van der Waals surface area contributed by atoms with Gasteiger partial charge in [-0.2, -0.15) is 0 Å². The van der Waals surface area contributed by atoms with Crippen molar-refractivity contribution in [2.75, 3.05) is 0 Å². The van der Waals surface area contributed by atoms with Crippen LogP contribution in [-0.2, 0) is 9.53 Å².